The van der Waals surface area contributed by atoms with Gasteiger partial charge in [0.1, 0.15) is 5.75 Å². The Labute approximate surface area is 177 Å². The summed E-state index contributed by atoms with van der Waals surface area (Å²) in [5, 5.41) is 2.78. The molecule has 2 N–H and O–H groups in total. The summed E-state index contributed by atoms with van der Waals surface area (Å²) in [6, 6.07) is 20.4. The number of ether oxygens (including phenoxy) is 1. The van der Waals surface area contributed by atoms with E-state index in [4.69, 9.17) is 4.74 Å². The van der Waals surface area contributed by atoms with E-state index >= 15 is 0 Å². The van der Waals surface area contributed by atoms with Gasteiger partial charge < -0.3 is 10.1 Å². The van der Waals surface area contributed by atoms with Gasteiger partial charge in [-0.15, -0.1) is 0 Å². The van der Waals surface area contributed by atoms with Crippen molar-refractivity contribution in [1.82, 2.24) is 5.32 Å². The summed E-state index contributed by atoms with van der Waals surface area (Å²) in [6.07, 6.45) is 0.794. The van der Waals surface area contributed by atoms with Gasteiger partial charge in [-0.2, -0.15) is 0 Å². The third-order valence-corrected chi connectivity index (χ3v) is 5.77. The Morgan fingerprint density at radius 3 is 2.40 bits per heavy atom. The number of hydrogen-bond donors (Lipinski definition) is 2. The first kappa shape index (κ1) is 21.4. The third kappa shape index (κ3) is 5.18. The van der Waals surface area contributed by atoms with Crippen LogP contribution in [-0.4, -0.2) is 20.9 Å². The summed E-state index contributed by atoms with van der Waals surface area (Å²) in [5.41, 5.74) is 1.34. The number of para-hydroxylation sites is 3. The quantitative estimate of drug-likeness (QED) is 0.548. The molecular weight excluding hydrogens is 400 g/mol. The topological polar surface area (TPSA) is 84.5 Å². The summed E-state index contributed by atoms with van der Waals surface area (Å²) in [6.45, 7) is 4.25. The van der Waals surface area contributed by atoms with Gasteiger partial charge in [0, 0.05) is 12.1 Å². The van der Waals surface area contributed by atoms with Gasteiger partial charge in [-0.25, -0.2) is 8.42 Å². The molecule has 0 radical (unpaired) electrons. The van der Waals surface area contributed by atoms with Crippen molar-refractivity contribution in [2.75, 3.05) is 11.3 Å². The van der Waals surface area contributed by atoms with Gasteiger partial charge in [-0.05, 0) is 55.3 Å². The number of carbonyl (C=O) groups excluding carboxylic acids is 1. The monoisotopic (exact) mass is 424 g/mol. The van der Waals surface area contributed by atoms with E-state index in [0.717, 1.165) is 6.42 Å². The van der Waals surface area contributed by atoms with E-state index in [9.17, 15) is 13.2 Å². The van der Waals surface area contributed by atoms with Crippen LogP contribution in [0.15, 0.2) is 77.7 Å². The first-order valence-corrected chi connectivity index (χ1v) is 11.1. The van der Waals surface area contributed by atoms with E-state index in [1.807, 2.05) is 25.1 Å². The number of carbonyl (C=O) groups is 1. The molecule has 0 saturated carbocycles. The molecule has 3 rings (SSSR count). The van der Waals surface area contributed by atoms with Gasteiger partial charge in [0.2, 0.25) is 0 Å². The summed E-state index contributed by atoms with van der Waals surface area (Å²) >= 11 is 0. The first-order chi connectivity index (χ1) is 14.4. The molecule has 3 aromatic rings. The predicted octanol–water partition coefficient (Wildman–Crippen LogP) is 4.73. The summed E-state index contributed by atoms with van der Waals surface area (Å²) in [4.78, 5) is 12.4. The lowest BCUT2D eigenvalue weighted by Gasteiger charge is -2.14. The van der Waals surface area contributed by atoms with Crippen molar-refractivity contribution < 1.29 is 17.9 Å². The molecule has 0 aliphatic carbocycles. The van der Waals surface area contributed by atoms with E-state index in [2.05, 4.69) is 10.0 Å². The van der Waals surface area contributed by atoms with Crippen LogP contribution in [0.5, 0.6) is 11.5 Å². The average molecular weight is 425 g/mol. The lowest BCUT2D eigenvalue weighted by Crippen LogP contribution is -2.25. The molecule has 6 nitrogen and oxygen atoms in total. The Bertz CT molecular complexity index is 1130. The van der Waals surface area contributed by atoms with Crippen LogP contribution in [0.25, 0.3) is 0 Å². The molecule has 0 bridgehead atoms. The zero-order chi connectivity index (χ0) is 21.6. The molecule has 1 amide bonds. The van der Waals surface area contributed by atoms with Gasteiger partial charge >= 0.3 is 0 Å². The maximum absolute atomic E-state index is 13.0. The second-order valence-corrected chi connectivity index (χ2v) is 8.43. The molecule has 0 aliphatic heterocycles. The molecule has 0 aliphatic rings. The summed E-state index contributed by atoms with van der Waals surface area (Å²) in [7, 11) is -3.93. The highest BCUT2D eigenvalue weighted by molar-refractivity contribution is 7.92. The van der Waals surface area contributed by atoms with Crippen LogP contribution in [-0.2, 0) is 10.0 Å². The van der Waals surface area contributed by atoms with Crippen molar-refractivity contribution in [1.29, 1.82) is 0 Å². The minimum atomic E-state index is -3.93. The molecule has 0 unspecified atom stereocenters. The highest BCUT2D eigenvalue weighted by Crippen LogP contribution is 2.31. The van der Waals surface area contributed by atoms with Crippen molar-refractivity contribution in [2.45, 2.75) is 25.2 Å². The fourth-order valence-corrected chi connectivity index (χ4v) is 3.90. The molecule has 0 saturated heterocycles. The van der Waals surface area contributed by atoms with Crippen LogP contribution < -0.4 is 14.8 Å². The number of anilines is 1. The second-order valence-electron chi connectivity index (χ2n) is 6.75. The first-order valence-electron chi connectivity index (χ1n) is 9.64. The van der Waals surface area contributed by atoms with Crippen molar-refractivity contribution in [3.8, 4) is 11.5 Å². The Morgan fingerprint density at radius 2 is 1.67 bits per heavy atom. The Balaban J connectivity index is 1.88. The maximum atomic E-state index is 13.0. The van der Waals surface area contributed by atoms with Gasteiger partial charge in [-0.3, -0.25) is 9.52 Å². The van der Waals surface area contributed by atoms with Gasteiger partial charge in [0.25, 0.3) is 15.9 Å². The standard InChI is InChI=1S/C23H24N2O4S/c1-3-15-24-23(26)20-16-19(14-13-17(20)2)30(27,28)25-21-11-7-8-12-22(21)29-18-9-5-4-6-10-18/h4-14,16,25H,3,15H2,1-2H3,(H,24,26). The Kier molecular flexibility index (Phi) is 6.74. The van der Waals surface area contributed by atoms with Gasteiger partial charge in [-0.1, -0.05) is 43.3 Å². The van der Waals surface area contributed by atoms with Crippen LogP contribution in [0.1, 0.15) is 29.3 Å². The van der Waals surface area contributed by atoms with E-state index < -0.39 is 10.0 Å². The van der Waals surface area contributed by atoms with E-state index in [0.29, 0.717) is 34.9 Å². The molecular formula is C23H24N2O4S. The zero-order valence-corrected chi connectivity index (χ0v) is 17.7. The number of aryl methyl sites for hydroxylation is 1. The molecule has 156 valence electrons. The van der Waals surface area contributed by atoms with Crippen molar-refractivity contribution in [3.63, 3.8) is 0 Å². The van der Waals surface area contributed by atoms with Crippen molar-refractivity contribution in [2.24, 2.45) is 0 Å². The number of sulfonamides is 1. The molecule has 0 fully saturated rings. The molecule has 7 heteroatoms. The van der Waals surface area contributed by atoms with Gasteiger partial charge in [0.05, 0.1) is 10.6 Å². The molecule has 0 aromatic heterocycles. The molecule has 0 atom stereocenters. The fourth-order valence-electron chi connectivity index (χ4n) is 2.81. The number of rotatable bonds is 8. The number of nitrogens with one attached hydrogen (secondary N) is 2. The normalized spacial score (nSPS) is 11.0. The van der Waals surface area contributed by atoms with E-state index in [1.165, 1.54) is 12.1 Å². The lowest BCUT2D eigenvalue weighted by molar-refractivity contribution is 0.0953. The minimum absolute atomic E-state index is 0.00395. The summed E-state index contributed by atoms with van der Waals surface area (Å²) < 4.78 is 34.4. The number of amides is 1. The largest absolute Gasteiger partial charge is 0.455 e. The molecule has 0 heterocycles. The van der Waals surface area contributed by atoms with Crippen molar-refractivity contribution >= 4 is 21.6 Å². The van der Waals surface area contributed by atoms with Crippen LogP contribution in [0.2, 0.25) is 0 Å². The predicted molar refractivity (Wildman–Crippen MR) is 118 cm³/mol. The number of hydrogen-bond acceptors (Lipinski definition) is 4. The average Bonchev–Trinajstić information content (AvgIpc) is 2.74. The lowest BCUT2D eigenvalue weighted by atomic mass is 10.1. The second kappa shape index (κ2) is 9.45. The molecule has 3 aromatic carbocycles. The van der Waals surface area contributed by atoms with Crippen LogP contribution >= 0.6 is 0 Å². The molecule has 0 spiro atoms. The van der Waals surface area contributed by atoms with Gasteiger partial charge in [0.15, 0.2) is 5.75 Å². The number of benzene rings is 3. The van der Waals surface area contributed by atoms with E-state index in [-0.39, 0.29) is 10.8 Å². The SMILES string of the molecule is CCCNC(=O)c1cc(S(=O)(=O)Nc2ccccc2Oc2ccccc2)ccc1C. The van der Waals surface area contributed by atoms with Crippen LogP contribution in [0, 0.1) is 6.92 Å². The summed E-state index contributed by atoms with van der Waals surface area (Å²) in [5.74, 6) is 0.675. The van der Waals surface area contributed by atoms with E-state index in [1.54, 1.807) is 49.4 Å². The highest BCUT2D eigenvalue weighted by Gasteiger charge is 2.20. The van der Waals surface area contributed by atoms with Crippen LogP contribution in [0.4, 0.5) is 5.69 Å². The Morgan fingerprint density at radius 1 is 0.967 bits per heavy atom. The minimum Gasteiger partial charge on any atom is -0.455 e. The fraction of sp³-hybridized carbons (Fsp3) is 0.174. The molecule has 30 heavy (non-hydrogen) atoms. The third-order valence-electron chi connectivity index (χ3n) is 4.40. The zero-order valence-electron chi connectivity index (χ0n) is 16.9. The highest BCUT2D eigenvalue weighted by atomic mass is 32.2. The smallest absolute Gasteiger partial charge is 0.262 e. The van der Waals surface area contributed by atoms with Crippen LogP contribution in [0.3, 0.4) is 0 Å². The Hall–Kier alpha value is -3.32. The van der Waals surface area contributed by atoms with Crippen molar-refractivity contribution in [3.05, 3.63) is 83.9 Å². The maximum Gasteiger partial charge on any atom is 0.262 e.